The van der Waals surface area contributed by atoms with Gasteiger partial charge in [-0.2, -0.15) is 51.6 Å². The summed E-state index contributed by atoms with van der Waals surface area (Å²) in [5, 5.41) is 4.25. The first-order chi connectivity index (χ1) is 27.5. The van der Waals surface area contributed by atoms with Crippen molar-refractivity contribution in [1.82, 2.24) is 0 Å². The first-order valence-electron chi connectivity index (χ1n) is 18.8. The predicted octanol–water partition coefficient (Wildman–Crippen LogP) is 16.9. The number of aryl methyl sites for hydroxylation is 1. The molecule has 1 unspecified atom stereocenters. The average molecular weight is 961 g/mol. The van der Waals surface area contributed by atoms with Gasteiger partial charge in [0.15, 0.2) is 0 Å². The van der Waals surface area contributed by atoms with Crippen LogP contribution in [0.15, 0.2) is 109 Å². The van der Waals surface area contributed by atoms with Crippen LogP contribution in [0.2, 0.25) is 13.1 Å². The van der Waals surface area contributed by atoms with Gasteiger partial charge in [0.2, 0.25) is 0 Å². The van der Waals surface area contributed by atoms with Crippen molar-refractivity contribution in [3.05, 3.63) is 131 Å². The Bertz CT molecular complexity index is 2170. The zero-order chi connectivity index (χ0) is 44.6. The van der Waals surface area contributed by atoms with E-state index in [0.717, 1.165) is 32.6 Å². The molecule has 0 aliphatic heterocycles. The van der Waals surface area contributed by atoms with Gasteiger partial charge < -0.3 is 0 Å². The second-order valence-electron chi connectivity index (χ2n) is 15.2. The quantitative estimate of drug-likeness (QED) is 0.0886. The van der Waals surface area contributed by atoms with Gasteiger partial charge in [-0.3, -0.25) is 0 Å². The Morgan fingerprint density at radius 3 is 1.37 bits per heavy atom. The van der Waals surface area contributed by atoms with Crippen LogP contribution in [0.3, 0.4) is 0 Å². The molecule has 1 atom stereocenters. The third-order valence-electron chi connectivity index (χ3n) is 10.1. The van der Waals surface area contributed by atoms with Crippen LogP contribution in [-0.2, 0) is 38.1 Å². The molecule has 59 heavy (non-hydrogen) atoms. The number of halogens is 11. The Morgan fingerprint density at radius 1 is 0.610 bits per heavy atom. The predicted molar refractivity (Wildman–Crippen MR) is 226 cm³/mol. The zero-order valence-corrected chi connectivity index (χ0v) is 39.0. The molecule has 6 aromatic carbocycles. The van der Waals surface area contributed by atoms with E-state index in [-0.39, 0.29) is 23.1 Å². The Balaban J connectivity index is 0.000000285. The molecule has 0 spiro atoms. The molecule has 316 valence electrons. The van der Waals surface area contributed by atoms with E-state index in [1.54, 1.807) is 18.2 Å². The van der Waals surface area contributed by atoms with Crippen molar-refractivity contribution < 1.29 is 60.4 Å². The van der Waals surface area contributed by atoms with E-state index in [2.05, 4.69) is 102 Å². The van der Waals surface area contributed by atoms with Crippen molar-refractivity contribution in [2.24, 2.45) is 0 Å². The Kier molecular flexibility index (Phi) is 17.8. The zero-order valence-electron chi connectivity index (χ0n) is 34.0. The van der Waals surface area contributed by atoms with Crippen LogP contribution in [-0.4, -0.2) is 28.0 Å². The molecule has 0 amide bonds. The summed E-state index contributed by atoms with van der Waals surface area (Å²) in [7, 11) is 11.0. The van der Waals surface area contributed by atoms with Gasteiger partial charge in [-0.1, -0.05) is 133 Å². The van der Waals surface area contributed by atoms with Crippen molar-refractivity contribution in [3.8, 4) is 22.3 Å². The first kappa shape index (κ1) is 50.5. The van der Waals surface area contributed by atoms with Crippen LogP contribution in [0.5, 0.6) is 0 Å². The normalized spacial score (nSPS) is 12.7. The van der Waals surface area contributed by atoms with E-state index in [9.17, 15) is 39.5 Å². The fourth-order valence-electron chi connectivity index (χ4n) is 6.81. The van der Waals surface area contributed by atoms with E-state index in [4.69, 9.17) is 17.0 Å². The second kappa shape index (κ2) is 20.8. The Hall–Kier alpha value is -2.85. The maximum absolute atomic E-state index is 13.3. The number of alkyl halides is 9. The summed E-state index contributed by atoms with van der Waals surface area (Å²) in [6.45, 7) is 17.6. The third kappa shape index (κ3) is 11.5. The fraction of sp³-hybridized carbons (Fsp3) is 0.348. The molecular formula is C46H47Cl2F9SiZr. The van der Waals surface area contributed by atoms with Gasteiger partial charge in [0, 0.05) is 9.52 Å². The summed E-state index contributed by atoms with van der Waals surface area (Å²) in [5.74, 6) is 0.624. The summed E-state index contributed by atoms with van der Waals surface area (Å²) in [4.78, 5) is 0. The number of benzene rings is 4. The van der Waals surface area contributed by atoms with Crippen LogP contribution in [0.1, 0.15) is 76.1 Å². The van der Waals surface area contributed by atoms with Gasteiger partial charge in [-0.15, -0.1) is 69.1 Å². The number of hydrogen-bond acceptors (Lipinski definition) is 0. The SMILES string of the molecule is CCC(C)c1cc2c(-c3ccc(C(C)(C)C)cc3)cccc2[cH-]1.CCc1cc2c(-c3ccc(C(C(F)(F)F)(C(F)(F)F)C(F)(F)F)cc3)cccc2[cH-]1.C[Si]C.[Cl][Zr+2][Cl]. The molecule has 0 fully saturated rings. The molecule has 0 nitrogen and oxygen atoms in total. The number of fused-ring (bicyclic) bond motifs is 2. The van der Waals surface area contributed by atoms with Crippen molar-refractivity contribution in [3.63, 3.8) is 0 Å². The first-order valence-corrected chi connectivity index (χ1v) is 27.1. The maximum atomic E-state index is 13.3. The Morgan fingerprint density at radius 2 is 1.00 bits per heavy atom. The molecular weight excluding hydrogens is 914 g/mol. The minimum atomic E-state index is -6.63. The fourth-order valence-corrected chi connectivity index (χ4v) is 6.81. The molecule has 13 heteroatoms. The average Bonchev–Trinajstić information content (AvgIpc) is 3.79. The van der Waals surface area contributed by atoms with Crippen molar-refractivity contribution >= 4 is 48.1 Å². The summed E-state index contributed by atoms with van der Waals surface area (Å²) in [5.41, 5.74) is -0.530. The van der Waals surface area contributed by atoms with Crippen LogP contribution < -0.4 is 0 Å². The molecule has 0 saturated carbocycles. The van der Waals surface area contributed by atoms with E-state index in [0.29, 0.717) is 23.3 Å². The van der Waals surface area contributed by atoms with E-state index in [1.165, 1.54) is 39.4 Å². The number of rotatable bonds is 6. The summed E-state index contributed by atoms with van der Waals surface area (Å²) in [6, 6.07) is 31.4. The van der Waals surface area contributed by atoms with Crippen molar-refractivity contribution in [1.29, 1.82) is 0 Å². The van der Waals surface area contributed by atoms with Gasteiger partial charge in [-0.05, 0) is 40.0 Å². The Labute approximate surface area is 362 Å². The molecule has 0 aliphatic rings. The van der Waals surface area contributed by atoms with E-state index < -0.39 is 50.4 Å². The van der Waals surface area contributed by atoms with Crippen molar-refractivity contribution in [2.75, 3.05) is 0 Å². The standard InChI is InChI=1S/C23H27.C21H14F9.C2H6Si.2ClH.Zr/c1-6-16(2)19-14-18-8-7-9-21(22(18)15-19)17-10-12-20(13-11-17)23(3,4)5;1-2-12-10-14-4-3-5-16(17(14)11-12)13-6-8-15(9-7-13)18(19(22,23)24,20(25,26)27)21(28,29)30;1-3-2;;;/h7-16H,6H2,1-5H3;3-11H,2H2,1H3;1-2H3;2*1H;/q2*-1;;;;+4/p-2. The van der Waals surface area contributed by atoms with Crippen molar-refractivity contribution in [2.45, 2.75) is 103 Å². The van der Waals surface area contributed by atoms with Gasteiger partial charge in [0.1, 0.15) is 0 Å². The molecule has 0 saturated heterocycles. The molecule has 0 bridgehead atoms. The van der Waals surface area contributed by atoms with Crippen LogP contribution in [0, 0.1) is 0 Å². The topological polar surface area (TPSA) is 0 Å². The van der Waals surface area contributed by atoms with Gasteiger partial charge in [-0.25, -0.2) is 0 Å². The van der Waals surface area contributed by atoms with Gasteiger partial charge in [0.05, 0.1) is 0 Å². The molecule has 6 rings (SSSR count). The van der Waals surface area contributed by atoms with E-state index >= 15 is 0 Å². The molecule has 0 N–H and O–H groups in total. The monoisotopic (exact) mass is 958 g/mol. The van der Waals surface area contributed by atoms with Gasteiger partial charge in [0.25, 0.3) is 5.41 Å². The molecule has 0 heterocycles. The summed E-state index contributed by atoms with van der Waals surface area (Å²) >= 11 is -0.826. The molecule has 6 aromatic rings. The molecule has 0 aliphatic carbocycles. The van der Waals surface area contributed by atoms with E-state index in [1.807, 2.05) is 19.1 Å². The number of hydrogen-bond donors (Lipinski definition) is 0. The summed E-state index contributed by atoms with van der Waals surface area (Å²) in [6.07, 6.45) is -18.0. The second-order valence-corrected chi connectivity index (χ2v) is 19.9. The molecule has 2 radical (unpaired) electrons. The molecule has 0 aromatic heterocycles. The van der Waals surface area contributed by atoms with Crippen LogP contribution in [0.25, 0.3) is 43.8 Å². The minimum absolute atomic E-state index is 0.203. The summed E-state index contributed by atoms with van der Waals surface area (Å²) < 4.78 is 120. The van der Waals surface area contributed by atoms with Crippen LogP contribution >= 0.6 is 17.0 Å². The van der Waals surface area contributed by atoms with Gasteiger partial charge >= 0.3 is 56.4 Å². The van der Waals surface area contributed by atoms with Crippen LogP contribution in [0.4, 0.5) is 39.5 Å². The third-order valence-corrected chi connectivity index (χ3v) is 10.1.